The number of amides is 2. The van der Waals surface area contributed by atoms with Crippen molar-refractivity contribution in [3.63, 3.8) is 0 Å². The second-order valence-corrected chi connectivity index (χ2v) is 7.98. The summed E-state index contributed by atoms with van der Waals surface area (Å²) in [5.41, 5.74) is 9.74. The Kier molecular flexibility index (Phi) is 7.23. The number of fused-ring (bicyclic) bond motifs is 1. The van der Waals surface area contributed by atoms with Gasteiger partial charge >= 0.3 is 5.97 Å². The number of benzene rings is 3. The van der Waals surface area contributed by atoms with Crippen molar-refractivity contribution in [1.82, 2.24) is 4.98 Å². The summed E-state index contributed by atoms with van der Waals surface area (Å²) in [4.78, 5) is 40.3. The van der Waals surface area contributed by atoms with Gasteiger partial charge in [-0.05, 0) is 61.4 Å². The van der Waals surface area contributed by atoms with Gasteiger partial charge in [-0.1, -0.05) is 36.4 Å². The number of H-pyrrole nitrogens is 1. The van der Waals surface area contributed by atoms with Crippen LogP contribution in [0.15, 0.2) is 78.9 Å². The second-order valence-electron chi connectivity index (χ2n) is 7.98. The van der Waals surface area contributed by atoms with Crippen molar-refractivity contribution in [2.75, 3.05) is 17.2 Å². The molecule has 4 rings (SSSR count). The first kappa shape index (κ1) is 23.7. The van der Waals surface area contributed by atoms with Crippen LogP contribution >= 0.6 is 0 Å². The minimum Gasteiger partial charge on any atom is -0.461 e. The minimum absolute atomic E-state index is 0.233. The Hall–Kier alpha value is -4.43. The van der Waals surface area contributed by atoms with Crippen LogP contribution in [0, 0.1) is 0 Å². The number of nitrogens with one attached hydrogen (secondary N) is 3. The van der Waals surface area contributed by atoms with Gasteiger partial charge in [0.15, 0.2) is 0 Å². The van der Waals surface area contributed by atoms with E-state index in [2.05, 4.69) is 15.6 Å². The highest BCUT2D eigenvalue weighted by Crippen LogP contribution is 2.22. The number of carbonyl (C=O) groups excluding carboxylic acids is 3. The molecule has 8 nitrogen and oxygen atoms in total. The van der Waals surface area contributed by atoms with E-state index in [1.807, 2.05) is 24.3 Å². The Balaban J connectivity index is 1.43. The molecule has 1 atom stereocenters. The van der Waals surface area contributed by atoms with E-state index in [1.54, 1.807) is 61.5 Å². The fourth-order valence-corrected chi connectivity index (χ4v) is 3.70. The maximum atomic E-state index is 12.8. The predicted octanol–water partition coefficient (Wildman–Crippen LogP) is 4.11. The van der Waals surface area contributed by atoms with E-state index in [0.717, 1.165) is 16.5 Å². The quantitative estimate of drug-likeness (QED) is 0.288. The van der Waals surface area contributed by atoms with Gasteiger partial charge in [-0.25, -0.2) is 4.79 Å². The molecule has 8 heteroatoms. The minimum atomic E-state index is -0.846. The van der Waals surface area contributed by atoms with Crippen molar-refractivity contribution >= 4 is 40.1 Å². The van der Waals surface area contributed by atoms with Crippen LogP contribution < -0.4 is 16.4 Å². The predicted molar refractivity (Wildman–Crippen MR) is 135 cm³/mol. The Bertz CT molecular complexity index is 1360. The molecule has 0 bridgehead atoms. The van der Waals surface area contributed by atoms with Crippen molar-refractivity contribution in [3.05, 3.63) is 95.7 Å². The topological polar surface area (TPSA) is 126 Å². The van der Waals surface area contributed by atoms with E-state index in [9.17, 15) is 14.4 Å². The van der Waals surface area contributed by atoms with Crippen molar-refractivity contribution in [3.8, 4) is 0 Å². The summed E-state index contributed by atoms with van der Waals surface area (Å²) in [7, 11) is 0. The highest BCUT2D eigenvalue weighted by molar-refractivity contribution is 6.05. The summed E-state index contributed by atoms with van der Waals surface area (Å²) >= 11 is 0. The van der Waals surface area contributed by atoms with Crippen molar-refractivity contribution in [1.29, 1.82) is 0 Å². The molecule has 2 amide bonds. The third-order valence-electron chi connectivity index (χ3n) is 5.46. The van der Waals surface area contributed by atoms with Crippen LogP contribution in [0.4, 0.5) is 11.4 Å². The van der Waals surface area contributed by atoms with Crippen LogP contribution in [0.5, 0.6) is 0 Å². The average molecular weight is 471 g/mol. The van der Waals surface area contributed by atoms with Gasteiger partial charge in [-0.2, -0.15) is 0 Å². The molecular weight excluding hydrogens is 444 g/mol. The number of para-hydroxylation sites is 1. The Labute approximate surface area is 202 Å². The molecule has 0 saturated carbocycles. The molecular formula is C27H26N4O4. The van der Waals surface area contributed by atoms with Gasteiger partial charge < -0.3 is 26.1 Å². The van der Waals surface area contributed by atoms with Gasteiger partial charge in [0.2, 0.25) is 5.91 Å². The van der Waals surface area contributed by atoms with Gasteiger partial charge in [0.25, 0.3) is 5.91 Å². The summed E-state index contributed by atoms with van der Waals surface area (Å²) in [6.07, 6.45) is 0.233. The fourth-order valence-electron chi connectivity index (χ4n) is 3.70. The van der Waals surface area contributed by atoms with Crippen molar-refractivity contribution in [2.45, 2.75) is 19.4 Å². The molecule has 0 spiro atoms. The number of aromatic amines is 1. The van der Waals surface area contributed by atoms with E-state index in [0.29, 0.717) is 22.6 Å². The molecule has 1 aromatic heterocycles. The Morgan fingerprint density at radius 1 is 0.943 bits per heavy atom. The molecule has 0 aliphatic heterocycles. The highest BCUT2D eigenvalue weighted by Gasteiger charge is 2.18. The monoisotopic (exact) mass is 470 g/mol. The number of ether oxygens (including phenoxy) is 1. The molecule has 0 radical (unpaired) electrons. The van der Waals surface area contributed by atoms with Crippen molar-refractivity contribution < 1.29 is 19.1 Å². The van der Waals surface area contributed by atoms with Crippen LogP contribution in [-0.2, 0) is 16.0 Å². The largest absolute Gasteiger partial charge is 0.461 e. The van der Waals surface area contributed by atoms with E-state index in [-0.39, 0.29) is 24.8 Å². The maximum Gasteiger partial charge on any atom is 0.354 e. The molecule has 1 unspecified atom stereocenters. The van der Waals surface area contributed by atoms with Crippen LogP contribution in [0.2, 0.25) is 0 Å². The van der Waals surface area contributed by atoms with E-state index >= 15 is 0 Å². The molecule has 0 aliphatic carbocycles. The van der Waals surface area contributed by atoms with Gasteiger partial charge in [0.1, 0.15) is 5.69 Å². The molecule has 1 heterocycles. The summed E-state index contributed by atoms with van der Waals surface area (Å²) < 4.78 is 5.02. The lowest BCUT2D eigenvalue weighted by atomic mass is 10.0. The van der Waals surface area contributed by atoms with Crippen LogP contribution in [0.3, 0.4) is 0 Å². The van der Waals surface area contributed by atoms with Gasteiger partial charge in [0, 0.05) is 27.8 Å². The van der Waals surface area contributed by atoms with Crippen LogP contribution in [-0.4, -0.2) is 35.4 Å². The SMILES string of the molecule is CCOC(=O)c1cc2cc(NC(=O)C(N)Cc3ccccc3NC(=O)c3ccccc3)ccc2[nH]1. The van der Waals surface area contributed by atoms with Crippen LogP contribution in [0.1, 0.15) is 33.3 Å². The standard InChI is InChI=1S/C27H26N4O4/c1-2-35-27(34)24-16-19-14-20(12-13-23(19)30-24)29-26(33)21(28)15-18-10-6-7-11-22(18)31-25(32)17-8-4-3-5-9-17/h3-14,16,21,30H,2,15,28H2,1H3,(H,29,33)(H,31,32). The molecule has 3 aromatic carbocycles. The molecule has 4 aromatic rings. The van der Waals surface area contributed by atoms with Crippen molar-refractivity contribution in [2.24, 2.45) is 5.73 Å². The lowest BCUT2D eigenvalue weighted by Crippen LogP contribution is -2.37. The molecule has 5 N–H and O–H groups in total. The summed E-state index contributed by atoms with van der Waals surface area (Å²) in [5, 5.41) is 6.47. The lowest BCUT2D eigenvalue weighted by molar-refractivity contribution is -0.117. The summed E-state index contributed by atoms with van der Waals surface area (Å²) in [6, 6.07) is 22.2. The number of hydrogen-bond donors (Lipinski definition) is 4. The average Bonchev–Trinajstić information content (AvgIpc) is 3.29. The zero-order valence-corrected chi connectivity index (χ0v) is 19.2. The second kappa shape index (κ2) is 10.7. The zero-order chi connectivity index (χ0) is 24.8. The number of nitrogens with two attached hydrogens (primary N) is 1. The number of hydrogen-bond acceptors (Lipinski definition) is 5. The normalized spacial score (nSPS) is 11.6. The number of esters is 1. The maximum absolute atomic E-state index is 12.8. The molecule has 0 saturated heterocycles. The third kappa shape index (κ3) is 5.74. The van der Waals surface area contributed by atoms with E-state index in [4.69, 9.17) is 10.5 Å². The summed E-state index contributed by atoms with van der Waals surface area (Å²) in [5.74, 6) is -1.04. The van der Waals surface area contributed by atoms with E-state index in [1.165, 1.54) is 0 Å². The molecule has 178 valence electrons. The Morgan fingerprint density at radius 3 is 2.46 bits per heavy atom. The highest BCUT2D eigenvalue weighted by atomic mass is 16.5. The smallest absolute Gasteiger partial charge is 0.354 e. The van der Waals surface area contributed by atoms with Crippen LogP contribution in [0.25, 0.3) is 10.9 Å². The lowest BCUT2D eigenvalue weighted by Gasteiger charge is -2.16. The number of carbonyl (C=O) groups is 3. The summed E-state index contributed by atoms with van der Waals surface area (Å²) in [6.45, 7) is 2.03. The van der Waals surface area contributed by atoms with Gasteiger partial charge in [-0.3, -0.25) is 9.59 Å². The molecule has 0 fully saturated rings. The van der Waals surface area contributed by atoms with E-state index < -0.39 is 12.0 Å². The zero-order valence-electron chi connectivity index (χ0n) is 19.2. The fraction of sp³-hybridized carbons (Fsp3) is 0.148. The Morgan fingerprint density at radius 2 is 1.69 bits per heavy atom. The number of aromatic nitrogens is 1. The molecule has 0 aliphatic rings. The molecule has 35 heavy (non-hydrogen) atoms. The first-order chi connectivity index (χ1) is 16.9. The van der Waals surface area contributed by atoms with Gasteiger partial charge in [-0.15, -0.1) is 0 Å². The number of rotatable bonds is 8. The third-order valence-corrected chi connectivity index (χ3v) is 5.46. The first-order valence-electron chi connectivity index (χ1n) is 11.2. The number of anilines is 2. The van der Waals surface area contributed by atoms with Gasteiger partial charge in [0.05, 0.1) is 12.6 Å². The first-order valence-corrected chi connectivity index (χ1v) is 11.2.